The van der Waals surface area contributed by atoms with Crippen LogP contribution in [0.5, 0.6) is 0 Å². The molecular weight excluding hydrogens is 222 g/mol. The Bertz CT molecular complexity index is 530. The first-order chi connectivity index (χ1) is 8.90. The summed E-state index contributed by atoms with van der Waals surface area (Å²) in [7, 11) is 0. The van der Waals surface area contributed by atoms with Gasteiger partial charge in [-0.1, -0.05) is 44.4 Å². The minimum atomic E-state index is 0.405. The Balaban J connectivity index is 1.91. The van der Waals surface area contributed by atoms with Gasteiger partial charge in [-0.25, -0.2) is 4.98 Å². The molecule has 0 amide bonds. The summed E-state index contributed by atoms with van der Waals surface area (Å²) in [5.74, 6) is 0.968. The second-order valence-electron chi connectivity index (χ2n) is 4.87. The molecule has 1 unspecified atom stereocenters. The average molecular weight is 241 g/mol. The molecule has 1 atom stereocenters. The zero-order valence-electron chi connectivity index (χ0n) is 10.8. The van der Waals surface area contributed by atoms with Gasteiger partial charge in [0, 0.05) is 12.4 Å². The van der Waals surface area contributed by atoms with Crippen LogP contribution in [0.25, 0.3) is 5.69 Å². The summed E-state index contributed by atoms with van der Waals surface area (Å²) in [5, 5.41) is 3.54. The Morgan fingerprint density at radius 3 is 3.06 bits per heavy atom. The van der Waals surface area contributed by atoms with Crippen LogP contribution >= 0.6 is 0 Å². The van der Waals surface area contributed by atoms with Crippen LogP contribution in [0.15, 0.2) is 36.7 Å². The van der Waals surface area contributed by atoms with E-state index in [1.165, 1.54) is 36.9 Å². The van der Waals surface area contributed by atoms with E-state index in [1.54, 1.807) is 0 Å². The summed E-state index contributed by atoms with van der Waals surface area (Å²) in [4.78, 5) is 4.39. The van der Waals surface area contributed by atoms with E-state index in [0.29, 0.717) is 6.04 Å². The van der Waals surface area contributed by atoms with Gasteiger partial charge >= 0.3 is 0 Å². The predicted molar refractivity (Wildman–Crippen MR) is 74.1 cm³/mol. The van der Waals surface area contributed by atoms with Crippen molar-refractivity contribution in [1.82, 2.24) is 9.55 Å². The maximum atomic E-state index is 4.39. The molecule has 0 radical (unpaired) electrons. The molecule has 2 heterocycles. The third-order valence-corrected chi connectivity index (χ3v) is 3.61. The minimum Gasteiger partial charge on any atom is -0.348 e. The number of unbranched alkanes of at least 4 members (excludes halogenated alkanes) is 2. The fourth-order valence-electron chi connectivity index (χ4n) is 2.67. The predicted octanol–water partition coefficient (Wildman–Crippen LogP) is 3.92. The largest absolute Gasteiger partial charge is 0.348 e. The van der Waals surface area contributed by atoms with E-state index in [2.05, 4.69) is 46.1 Å². The van der Waals surface area contributed by atoms with Crippen LogP contribution in [0.3, 0.4) is 0 Å². The van der Waals surface area contributed by atoms with Crippen molar-refractivity contribution < 1.29 is 0 Å². The number of benzene rings is 1. The standard InChI is InChI=1S/C15H19N3/c1-2-3-4-8-13-12-7-5-6-9-14(12)18-11-10-16-15(18)17-13/h5-7,9-11,13H,2-4,8H2,1H3,(H,16,17). The fraction of sp³-hybridized carbons (Fsp3) is 0.400. The van der Waals surface area contributed by atoms with Crippen LogP contribution in [0.2, 0.25) is 0 Å². The molecule has 1 N–H and O–H groups in total. The Labute approximate surface area is 108 Å². The highest BCUT2D eigenvalue weighted by Crippen LogP contribution is 2.34. The second kappa shape index (κ2) is 4.84. The van der Waals surface area contributed by atoms with E-state index in [4.69, 9.17) is 0 Å². The van der Waals surface area contributed by atoms with Crippen LogP contribution in [0, 0.1) is 0 Å². The van der Waals surface area contributed by atoms with E-state index >= 15 is 0 Å². The van der Waals surface area contributed by atoms with Crippen molar-refractivity contribution in [3.05, 3.63) is 42.2 Å². The molecule has 18 heavy (non-hydrogen) atoms. The summed E-state index contributed by atoms with van der Waals surface area (Å²) < 4.78 is 2.13. The average Bonchev–Trinajstić information content (AvgIpc) is 2.87. The van der Waals surface area contributed by atoms with Gasteiger partial charge in [-0.15, -0.1) is 0 Å². The van der Waals surface area contributed by atoms with E-state index in [-0.39, 0.29) is 0 Å². The summed E-state index contributed by atoms with van der Waals surface area (Å²) in [6.07, 6.45) is 8.88. The number of aromatic nitrogens is 2. The van der Waals surface area contributed by atoms with Gasteiger partial charge in [-0.2, -0.15) is 0 Å². The van der Waals surface area contributed by atoms with Crippen LogP contribution in [-0.2, 0) is 0 Å². The monoisotopic (exact) mass is 241 g/mol. The molecule has 94 valence electrons. The normalized spacial score (nSPS) is 16.8. The van der Waals surface area contributed by atoms with Gasteiger partial charge < -0.3 is 5.32 Å². The molecule has 3 heteroatoms. The molecule has 0 saturated carbocycles. The fourth-order valence-corrected chi connectivity index (χ4v) is 2.67. The maximum absolute atomic E-state index is 4.39. The van der Waals surface area contributed by atoms with Gasteiger partial charge in [0.15, 0.2) is 0 Å². The number of fused-ring (bicyclic) bond motifs is 3. The number of para-hydroxylation sites is 1. The van der Waals surface area contributed by atoms with Crippen molar-refractivity contribution in [2.75, 3.05) is 5.32 Å². The SMILES string of the molecule is CCCCCC1Nc2nccn2-c2ccccc21. The molecule has 0 fully saturated rings. The topological polar surface area (TPSA) is 29.9 Å². The van der Waals surface area contributed by atoms with Crippen molar-refractivity contribution in [3.63, 3.8) is 0 Å². The maximum Gasteiger partial charge on any atom is 0.207 e. The molecule has 2 aromatic rings. The van der Waals surface area contributed by atoms with Gasteiger partial charge in [-0.05, 0) is 18.1 Å². The van der Waals surface area contributed by atoms with Crippen molar-refractivity contribution >= 4 is 5.95 Å². The number of imidazole rings is 1. The first-order valence-electron chi connectivity index (χ1n) is 6.79. The van der Waals surface area contributed by atoms with E-state index in [9.17, 15) is 0 Å². The molecule has 1 aliphatic heterocycles. The van der Waals surface area contributed by atoms with Crippen molar-refractivity contribution in [2.24, 2.45) is 0 Å². The highest BCUT2D eigenvalue weighted by Gasteiger charge is 2.23. The van der Waals surface area contributed by atoms with Gasteiger partial charge in [0.25, 0.3) is 0 Å². The molecule has 3 nitrogen and oxygen atoms in total. The van der Waals surface area contributed by atoms with Crippen LogP contribution in [0.1, 0.15) is 44.2 Å². The van der Waals surface area contributed by atoms with Crippen LogP contribution < -0.4 is 5.32 Å². The molecule has 1 aliphatic rings. The van der Waals surface area contributed by atoms with Crippen molar-refractivity contribution in [1.29, 1.82) is 0 Å². The number of nitrogens with one attached hydrogen (secondary N) is 1. The smallest absolute Gasteiger partial charge is 0.207 e. The Kier molecular flexibility index (Phi) is 3.05. The third kappa shape index (κ3) is 1.90. The molecule has 0 aliphatic carbocycles. The van der Waals surface area contributed by atoms with Crippen molar-refractivity contribution in [3.8, 4) is 5.69 Å². The van der Waals surface area contributed by atoms with Gasteiger partial charge in [0.2, 0.25) is 5.95 Å². The zero-order chi connectivity index (χ0) is 12.4. The highest BCUT2D eigenvalue weighted by molar-refractivity contribution is 5.54. The lowest BCUT2D eigenvalue weighted by molar-refractivity contribution is 0.593. The zero-order valence-corrected chi connectivity index (χ0v) is 10.8. The van der Waals surface area contributed by atoms with Gasteiger partial charge in [-0.3, -0.25) is 4.57 Å². The lowest BCUT2D eigenvalue weighted by Crippen LogP contribution is -2.21. The second-order valence-corrected chi connectivity index (χ2v) is 4.87. The summed E-state index contributed by atoms with van der Waals surface area (Å²) >= 11 is 0. The van der Waals surface area contributed by atoms with E-state index < -0.39 is 0 Å². The quantitative estimate of drug-likeness (QED) is 0.822. The number of hydrogen-bond donors (Lipinski definition) is 1. The van der Waals surface area contributed by atoms with Crippen LogP contribution in [0.4, 0.5) is 5.95 Å². The molecule has 1 aromatic heterocycles. The number of hydrogen-bond acceptors (Lipinski definition) is 2. The molecule has 0 spiro atoms. The first kappa shape index (κ1) is 11.3. The van der Waals surface area contributed by atoms with E-state index in [0.717, 1.165) is 5.95 Å². The van der Waals surface area contributed by atoms with E-state index in [1.807, 2.05) is 12.4 Å². The van der Waals surface area contributed by atoms with Gasteiger partial charge in [0.05, 0.1) is 11.7 Å². The molecule has 0 bridgehead atoms. The lowest BCUT2D eigenvalue weighted by atomic mass is 9.97. The Morgan fingerprint density at radius 1 is 1.28 bits per heavy atom. The van der Waals surface area contributed by atoms with Crippen molar-refractivity contribution in [2.45, 2.75) is 38.6 Å². The number of rotatable bonds is 4. The molecule has 1 aromatic carbocycles. The number of nitrogens with zero attached hydrogens (tertiary/aromatic N) is 2. The molecular formula is C15H19N3. The summed E-state index contributed by atoms with van der Waals surface area (Å²) in [6.45, 7) is 2.24. The third-order valence-electron chi connectivity index (χ3n) is 3.61. The highest BCUT2D eigenvalue weighted by atomic mass is 15.2. The molecule has 3 rings (SSSR count). The minimum absolute atomic E-state index is 0.405. The number of anilines is 1. The van der Waals surface area contributed by atoms with Crippen LogP contribution in [-0.4, -0.2) is 9.55 Å². The first-order valence-corrected chi connectivity index (χ1v) is 6.79. The Hall–Kier alpha value is -1.77. The molecule has 0 saturated heterocycles. The summed E-state index contributed by atoms with van der Waals surface area (Å²) in [6, 6.07) is 9.02. The Morgan fingerprint density at radius 2 is 2.17 bits per heavy atom. The van der Waals surface area contributed by atoms with Gasteiger partial charge in [0.1, 0.15) is 0 Å². The lowest BCUT2D eigenvalue weighted by Gasteiger charge is -2.28. The summed E-state index contributed by atoms with van der Waals surface area (Å²) in [5.41, 5.74) is 2.66.